The summed E-state index contributed by atoms with van der Waals surface area (Å²) >= 11 is 0. The standard InChI is InChI=1S/C29H40FN3O7S/c1-6-31-41(36,37)29-32-26(18(2)3)24(27(33-29)20-8-10-21(30)11-9-20)13-12-23(40-28(35)19(4)5)16-22(34)17-25-38-14-7-15-39-25/h8-13,18-19,22-23,25,31,34H,6-7,14-17H2,1-5H3/b13-12+. The number of carbonyl (C=O) groups excluding carboxylic acids is 1. The second kappa shape index (κ2) is 14.9. The van der Waals surface area contributed by atoms with E-state index in [2.05, 4.69) is 14.7 Å². The second-order valence-electron chi connectivity index (χ2n) is 10.5. The van der Waals surface area contributed by atoms with E-state index in [-0.39, 0.29) is 31.0 Å². The molecule has 1 saturated heterocycles. The summed E-state index contributed by atoms with van der Waals surface area (Å²) in [6, 6.07) is 5.54. The van der Waals surface area contributed by atoms with E-state index < -0.39 is 51.4 Å². The summed E-state index contributed by atoms with van der Waals surface area (Å²) in [6.07, 6.45) is 2.11. The van der Waals surface area contributed by atoms with Crippen LogP contribution in [0.5, 0.6) is 0 Å². The third-order valence-corrected chi connectivity index (χ3v) is 7.61. The molecule has 1 aromatic heterocycles. The van der Waals surface area contributed by atoms with E-state index >= 15 is 0 Å². The van der Waals surface area contributed by atoms with Crippen molar-refractivity contribution < 1.29 is 36.9 Å². The number of carbonyl (C=O) groups is 1. The van der Waals surface area contributed by atoms with Crippen LogP contribution in [0.2, 0.25) is 0 Å². The average Bonchev–Trinajstić information content (AvgIpc) is 2.92. The minimum absolute atomic E-state index is 0.0782. The van der Waals surface area contributed by atoms with E-state index in [4.69, 9.17) is 14.2 Å². The molecular formula is C29H40FN3O7S. The number of benzene rings is 1. The molecule has 2 unspecified atom stereocenters. The number of nitrogens with zero attached hydrogens (tertiary/aromatic N) is 2. The predicted octanol–water partition coefficient (Wildman–Crippen LogP) is 4.19. The van der Waals surface area contributed by atoms with Gasteiger partial charge in [0.2, 0.25) is 0 Å². The molecule has 226 valence electrons. The SMILES string of the molecule is CCNS(=O)(=O)c1nc(-c2ccc(F)cc2)c(/C=C/C(CC(O)CC2OCCCO2)OC(=O)C(C)C)c(C(C)C)n1. The van der Waals surface area contributed by atoms with E-state index in [1.165, 1.54) is 24.3 Å². The Morgan fingerprint density at radius 1 is 1.17 bits per heavy atom. The minimum atomic E-state index is -4.01. The first-order valence-electron chi connectivity index (χ1n) is 13.9. The molecule has 2 aromatic rings. The first-order valence-corrected chi connectivity index (χ1v) is 15.4. The number of esters is 1. The summed E-state index contributed by atoms with van der Waals surface area (Å²) in [5.41, 5.74) is 1.67. The Kier molecular flexibility index (Phi) is 11.9. The number of hydrogen-bond acceptors (Lipinski definition) is 9. The summed E-state index contributed by atoms with van der Waals surface area (Å²) < 4.78 is 58.7. The fourth-order valence-corrected chi connectivity index (χ4v) is 5.13. The van der Waals surface area contributed by atoms with E-state index in [1.807, 2.05) is 13.8 Å². The lowest BCUT2D eigenvalue weighted by atomic mass is 9.97. The molecule has 0 bridgehead atoms. The van der Waals surface area contributed by atoms with Crippen molar-refractivity contribution in [3.8, 4) is 11.3 Å². The molecule has 0 spiro atoms. The first kappa shape index (κ1) is 32.7. The maximum absolute atomic E-state index is 13.8. The molecule has 1 aromatic carbocycles. The molecule has 12 heteroatoms. The van der Waals surface area contributed by atoms with Gasteiger partial charge in [-0.05, 0) is 42.7 Å². The minimum Gasteiger partial charge on any atom is -0.458 e. The molecular weight excluding hydrogens is 553 g/mol. The quantitative estimate of drug-likeness (QED) is 0.259. The number of sulfonamides is 1. The van der Waals surface area contributed by atoms with Crippen LogP contribution >= 0.6 is 0 Å². The van der Waals surface area contributed by atoms with Gasteiger partial charge in [-0.3, -0.25) is 4.79 Å². The van der Waals surface area contributed by atoms with E-state index in [9.17, 15) is 22.7 Å². The van der Waals surface area contributed by atoms with Crippen molar-refractivity contribution in [2.45, 2.75) is 83.5 Å². The van der Waals surface area contributed by atoms with Gasteiger partial charge in [-0.15, -0.1) is 0 Å². The summed E-state index contributed by atoms with van der Waals surface area (Å²) in [4.78, 5) is 21.3. The van der Waals surface area contributed by atoms with Crippen molar-refractivity contribution in [3.05, 3.63) is 47.4 Å². The van der Waals surface area contributed by atoms with Crippen molar-refractivity contribution in [2.75, 3.05) is 19.8 Å². The van der Waals surface area contributed by atoms with Gasteiger partial charge in [0, 0.05) is 30.5 Å². The van der Waals surface area contributed by atoms with E-state index in [0.29, 0.717) is 30.0 Å². The van der Waals surface area contributed by atoms with Crippen molar-refractivity contribution in [1.82, 2.24) is 14.7 Å². The predicted molar refractivity (Wildman–Crippen MR) is 152 cm³/mol. The van der Waals surface area contributed by atoms with Crippen LogP contribution in [0.1, 0.15) is 71.1 Å². The molecule has 0 radical (unpaired) electrons. The molecule has 0 saturated carbocycles. The smallest absolute Gasteiger partial charge is 0.308 e. The lowest BCUT2D eigenvalue weighted by Crippen LogP contribution is -2.31. The highest BCUT2D eigenvalue weighted by Crippen LogP contribution is 2.31. The monoisotopic (exact) mass is 593 g/mol. The number of halogens is 1. The van der Waals surface area contributed by atoms with Crippen LogP contribution in [0.25, 0.3) is 17.3 Å². The number of aliphatic hydroxyl groups is 1. The van der Waals surface area contributed by atoms with Crippen molar-refractivity contribution >= 4 is 22.1 Å². The molecule has 1 fully saturated rings. The van der Waals surface area contributed by atoms with Gasteiger partial charge in [-0.25, -0.2) is 27.5 Å². The van der Waals surface area contributed by atoms with E-state index in [1.54, 1.807) is 32.9 Å². The third-order valence-electron chi connectivity index (χ3n) is 6.28. The maximum atomic E-state index is 13.8. The summed E-state index contributed by atoms with van der Waals surface area (Å²) in [6.45, 7) is 10.0. The summed E-state index contributed by atoms with van der Waals surface area (Å²) in [5.74, 6) is -1.52. The van der Waals surface area contributed by atoms with Crippen LogP contribution in [0, 0.1) is 11.7 Å². The topological polar surface area (TPSA) is 137 Å². The molecule has 2 N–H and O–H groups in total. The molecule has 0 aliphatic carbocycles. The van der Waals surface area contributed by atoms with Crippen LogP contribution in [0.3, 0.4) is 0 Å². The molecule has 41 heavy (non-hydrogen) atoms. The largest absolute Gasteiger partial charge is 0.458 e. The van der Waals surface area contributed by atoms with E-state index in [0.717, 1.165) is 6.42 Å². The van der Waals surface area contributed by atoms with Crippen LogP contribution in [-0.4, -0.2) is 67.7 Å². The second-order valence-corrected chi connectivity index (χ2v) is 12.1. The Bertz CT molecular complexity index is 1290. The number of aliphatic hydroxyl groups excluding tert-OH is 1. The van der Waals surface area contributed by atoms with Gasteiger partial charge in [0.15, 0.2) is 6.29 Å². The van der Waals surface area contributed by atoms with Gasteiger partial charge in [0.25, 0.3) is 15.2 Å². The van der Waals surface area contributed by atoms with Crippen LogP contribution in [0.4, 0.5) is 4.39 Å². The molecule has 10 nitrogen and oxygen atoms in total. The molecule has 2 heterocycles. The van der Waals surface area contributed by atoms with Gasteiger partial charge in [0.05, 0.1) is 36.6 Å². The number of rotatable bonds is 13. The summed E-state index contributed by atoms with van der Waals surface area (Å²) in [5, 5.41) is 10.4. The average molecular weight is 594 g/mol. The lowest BCUT2D eigenvalue weighted by molar-refractivity contribution is -0.192. The van der Waals surface area contributed by atoms with Gasteiger partial charge < -0.3 is 19.3 Å². The highest BCUT2D eigenvalue weighted by molar-refractivity contribution is 7.89. The van der Waals surface area contributed by atoms with Crippen molar-refractivity contribution in [1.29, 1.82) is 0 Å². The molecule has 1 aliphatic rings. The zero-order valence-corrected chi connectivity index (χ0v) is 25.0. The molecule has 1 aliphatic heterocycles. The number of aromatic nitrogens is 2. The van der Waals surface area contributed by atoms with Crippen LogP contribution in [-0.2, 0) is 29.0 Å². The van der Waals surface area contributed by atoms with Crippen molar-refractivity contribution in [2.24, 2.45) is 5.92 Å². The summed E-state index contributed by atoms with van der Waals surface area (Å²) in [7, 11) is -4.01. The van der Waals surface area contributed by atoms with Gasteiger partial charge in [-0.2, -0.15) is 0 Å². The maximum Gasteiger partial charge on any atom is 0.308 e. The zero-order valence-electron chi connectivity index (χ0n) is 24.2. The lowest BCUT2D eigenvalue weighted by Gasteiger charge is -2.26. The Labute approximate surface area is 241 Å². The van der Waals surface area contributed by atoms with Gasteiger partial charge in [0.1, 0.15) is 11.9 Å². The highest BCUT2D eigenvalue weighted by Gasteiger charge is 2.26. The highest BCUT2D eigenvalue weighted by atomic mass is 32.2. The zero-order chi connectivity index (χ0) is 30.2. The van der Waals surface area contributed by atoms with Crippen molar-refractivity contribution in [3.63, 3.8) is 0 Å². The fraction of sp³-hybridized carbons (Fsp3) is 0.552. The third kappa shape index (κ3) is 9.37. The fourth-order valence-electron chi connectivity index (χ4n) is 4.19. The Morgan fingerprint density at radius 3 is 2.41 bits per heavy atom. The Morgan fingerprint density at radius 2 is 1.83 bits per heavy atom. The number of nitrogens with one attached hydrogen (secondary N) is 1. The van der Waals surface area contributed by atoms with Crippen LogP contribution < -0.4 is 4.72 Å². The normalized spacial score (nSPS) is 16.4. The molecule has 0 amide bonds. The molecule has 2 atom stereocenters. The molecule has 3 rings (SSSR count). The number of hydrogen-bond donors (Lipinski definition) is 2. The Hall–Kier alpha value is -2.77. The Balaban J connectivity index is 2.06. The number of ether oxygens (including phenoxy) is 3. The first-order chi connectivity index (χ1) is 19.4. The van der Waals surface area contributed by atoms with Crippen LogP contribution in [0.15, 0.2) is 35.5 Å². The van der Waals surface area contributed by atoms with Gasteiger partial charge >= 0.3 is 5.97 Å². The van der Waals surface area contributed by atoms with Gasteiger partial charge in [-0.1, -0.05) is 40.7 Å².